The summed E-state index contributed by atoms with van der Waals surface area (Å²) in [6.07, 6.45) is 19.0. The third-order valence-corrected chi connectivity index (χ3v) is 5.07. The Labute approximate surface area is 145 Å². The molecule has 1 heterocycles. The number of hydrogen-bond donors (Lipinski definition) is 1. The SMILES string of the molecule is CCCCCCCC1CCC[NH+](CCCCCCC)C1.[Br-]. The molecule has 1 fully saturated rings. The molecule has 0 amide bonds. The monoisotopic (exact) mass is 361 g/mol. The smallest absolute Gasteiger partial charge is 0.0799 e. The Balaban J connectivity index is 0.00000400. The Bertz CT molecular complexity index is 188. The van der Waals surface area contributed by atoms with Gasteiger partial charge in [-0.3, -0.25) is 0 Å². The van der Waals surface area contributed by atoms with Crippen LogP contribution in [0, 0.1) is 5.92 Å². The first-order valence-corrected chi connectivity index (χ1v) is 9.70. The van der Waals surface area contributed by atoms with Gasteiger partial charge in [-0.2, -0.15) is 0 Å². The summed E-state index contributed by atoms with van der Waals surface area (Å²) in [5.74, 6) is 1.05. The van der Waals surface area contributed by atoms with Crippen molar-refractivity contribution in [3.05, 3.63) is 0 Å². The third-order valence-electron chi connectivity index (χ3n) is 5.07. The van der Waals surface area contributed by atoms with Crippen LogP contribution in [0.5, 0.6) is 0 Å². The molecule has 1 N–H and O–H groups in total. The van der Waals surface area contributed by atoms with E-state index >= 15 is 0 Å². The number of likely N-dealkylation sites (tertiary alicyclic amines) is 1. The van der Waals surface area contributed by atoms with Crippen molar-refractivity contribution in [2.24, 2.45) is 5.92 Å². The molecule has 2 unspecified atom stereocenters. The molecule has 1 saturated heterocycles. The lowest BCUT2D eigenvalue weighted by molar-refractivity contribution is -0.909. The minimum absolute atomic E-state index is 0. The molecule has 0 aromatic carbocycles. The van der Waals surface area contributed by atoms with Crippen molar-refractivity contribution in [2.75, 3.05) is 19.6 Å². The van der Waals surface area contributed by atoms with E-state index in [1.807, 2.05) is 4.90 Å². The van der Waals surface area contributed by atoms with Crippen LogP contribution in [0.15, 0.2) is 0 Å². The van der Waals surface area contributed by atoms with Gasteiger partial charge in [0.15, 0.2) is 0 Å². The Kier molecular flexibility index (Phi) is 15.7. The maximum Gasteiger partial charge on any atom is 0.0799 e. The minimum atomic E-state index is 0. The lowest BCUT2D eigenvalue weighted by atomic mass is 9.92. The molecular formula is C19H40BrN. The van der Waals surface area contributed by atoms with E-state index in [9.17, 15) is 0 Å². The average Bonchev–Trinajstić information content (AvgIpc) is 2.47. The molecule has 1 nitrogen and oxygen atoms in total. The Hall–Kier alpha value is 0.440. The van der Waals surface area contributed by atoms with Crippen LogP contribution < -0.4 is 21.9 Å². The molecular weight excluding hydrogens is 322 g/mol. The predicted octanol–water partition coefficient (Wildman–Crippen LogP) is 1.62. The highest BCUT2D eigenvalue weighted by atomic mass is 79.9. The molecule has 1 rings (SSSR count). The molecule has 1 aliphatic rings. The number of piperidine rings is 1. The summed E-state index contributed by atoms with van der Waals surface area (Å²) in [5.41, 5.74) is 0. The predicted molar refractivity (Wildman–Crippen MR) is 90.4 cm³/mol. The molecule has 0 aromatic heterocycles. The van der Waals surface area contributed by atoms with E-state index < -0.39 is 0 Å². The quantitative estimate of drug-likeness (QED) is 0.503. The van der Waals surface area contributed by atoms with E-state index in [2.05, 4.69) is 13.8 Å². The van der Waals surface area contributed by atoms with Gasteiger partial charge in [0.25, 0.3) is 0 Å². The van der Waals surface area contributed by atoms with E-state index in [4.69, 9.17) is 0 Å². The fourth-order valence-electron chi connectivity index (χ4n) is 3.74. The highest BCUT2D eigenvalue weighted by molar-refractivity contribution is 4.62. The zero-order valence-corrected chi connectivity index (χ0v) is 16.4. The van der Waals surface area contributed by atoms with Crippen LogP contribution in [0.4, 0.5) is 0 Å². The molecule has 21 heavy (non-hydrogen) atoms. The van der Waals surface area contributed by atoms with Crippen LogP contribution in [0.1, 0.15) is 97.3 Å². The maximum absolute atomic E-state index is 2.31. The highest BCUT2D eigenvalue weighted by Gasteiger charge is 2.21. The van der Waals surface area contributed by atoms with Gasteiger partial charge in [-0.15, -0.1) is 0 Å². The van der Waals surface area contributed by atoms with Gasteiger partial charge in [0.05, 0.1) is 19.6 Å². The summed E-state index contributed by atoms with van der Waals surface area (Å²) in [5, 5.41) is 0. The number of rotatable bonds is 12. The Morgan fingerprint density at radius 2 is 1.43 bits per heavy atom. The fourth-order valence-corrected chi connectivity index (χ4v) is 3.74. The molecule has 0 saturated carbocycles. The second kappa shape index (κ2) is 15.3. The standard InChI is InChI=1S/C19H39N.BrH/c1-3-5-7-9-11-14-19-15-13-17-20(18-19)16-12-10-8-6-4-2;/h19H,3-18H2,1-2H3;1H. The van der Waals surface area contributed by atoms with Gasteiger partial charge >= 0.3 is 0 Å². The molecule has 128 valence electrons. The lowest BCUT2D eigenvalue weighted by Gasteiger charge is -2.30. The summed E-state index contributed by atoms with van der Waals surface area (Å²) >= 11 is 0. The zero-order chi connectivity index (χ0) is 14.5. The first-order chi connectivity index (χ1) is 9.86. The zero-order valence-electron chi connectivity index (χ0n) is 14.8. The van der Waals surface area contributed by atoms with Gasteiger partial charge in [-0.25, -0.2) is 0 Å². The van der Waals surface area contributed by atoms with Gasteiger partial charge in [-0.1, -0.05) is 65.2 Å². The fraction of sp³-hybridized carbons (Fsp3) is 1.00. The van der Waals surface area contributed by atoms with Crippen LogP contribution in [0.2, 0.25) is 0 Å². The second-order valence-corrected chi connectivity index (χ2v) is 7.08. The van der Waals surface area contributed by atoms with Crippen molar-refractivity contribution < 1.29 is 21.9 Å². The number of nitrogens with one attached hydrogen (secondary N) is 1. The number of halogens is 1. The number of quaternary nitrogens is 1. The molecule has 1 aliphatic heterocycles. The van der Waals surface area contributed by atoms with E-state index in [1.54, 1.807) is 0 Å². The summed E-state index contributed by atoms with van der Waals surface area (Å²) in [6, 6.07) is 0. The van der Waals surface area contributed by atoms with E-state index in [-0.39, 0.29) is 17.0 Å². The second-order valence-electron chi connectivity index (χ2n) is 7.08. The molecule has 2 atom stereocenters. The first kappa shape index (κ1) is 21.4. The highest BCUT2D eigenvalue weighted by Crippen LogP contribution is 2.17. The van der Waals surface area contributed by atoms with Gasteiger partial charge in [0.1, 0.15) is 0 Å². The third kappa shape index (κ3) is 11.6. The summed E-state index contributed by atoms with van der Waals surface area (Å²) < 4.78 is 0. The van der Waals surface area contributed by atoms with Crippen molar-refractivity contribution in [1.82, 2.24) is 0 Å². The van der Waals surface area contributed by atoms with Crippen LogP contribution in [-0.4, -0.2) is 19.6 Å². The summed E-state index contributed by atoms with van der Waals surface area (Å²) in [6.45, 7) is 9.02. The largest absolute Gasteiger partial charge is 1.00 e. The van der Waals surface area contributed by atoms with E-state index in [0.29, 0.717) is 0 Å². The summed E-state index contributed by atoms with van der Waals surface area (Å²) in [4.78, 5) is 1.92. The minimum Gasteiger partial charge on any atom is -1.00 e. The Morgan fingerprint density at radius 3 is 2.10 bits per heavy atom. The van der Waals surface area contributed by atoms with Crippen molar-refractivity contribution >= 4 is 0 Å². The molecule has 0 spiro atoms. The summed E-state index contributed by atoms with van der Waals surface area (Å²) in [7, 11) is 0. The molecule has 0 aromatic rings. The van der Waals surface area contributed by atoms with Gasteiger partial charge in [0, 0.05) is 5.92 Å². The van der Waals surface area contributed by atoms with Crippen LogP contribution in [0.3, 0.4) is 0 Å². The van der Waals surface area contributed by atoms with Crippen molar-refractivity contribution in [1.29, 1.82) is 0 Å². The van der Waals surface area contributed by atoms with Crippen LogP contribution in [0.25, 0.3) is 0 Å². The van der Waals surface area contributed by atoms with Gasteiger partial charge in [-0.05, 0) is 32.1 Å². The van der Waals surface area contributed by atoms with E-state index in [0.717, 1.165) is 5.92 Å². The molecule has 0 radical (unpaired) electrons. The first-order valence-electron chi connectivity index (χ1n) is 9.70. The Morgan fingerprint density at radius 1 is 0.810 bits per heavy atom. The molecule has 0 aliphatic carbocycles. The van der Waals surface area contributed by atoms with Crippen LogP contribution in [-0.2, 0) is 0 Å². The van der Waals surface area contributed by atoms with Gasteiger partial charge in [0.2, 0.25) is 0 Å². The van der Waals surface area contributed by atoms with Crippen molar-refractivity contribution in [3.63, 3.8) is 0 Å². The average molecular weight is 362 g/mol. The number of hydrogen-bond acceptors (Lipinski definition) is 0. The topological polar surface area (TPSA) is 4.44 Å². The molecule has 0 bridgehead atoms. The maximum atomic E-state index is 2.31. The van der Waals surface area contributed by atoms with Crippen molar-refractivity contribution in [2.45, 2.75) is 97.3 Å². The van der Waals surface area contributed by atoms with Crippen molar-refractivity contribution in [3.8, 4) is 0 Å². The van der Waals surface area contributed by atoms with Gasteiger partial charge < -0.3 is 21.9 Å². The lowest BCUT2D eigenvalue weighted by Crippen LogP contribution is -3.13. The number of unbranched alkanes of at least 4 members (excludes halogenated alkanes) is 8. The normalized spacial score (nSPS) is 22.0. The van der Waals surface area contributed by atoms with E-state index in [1.165, 1.54) is 103 Å². The molecule has 2 heteroatoms. The van der Waals surface area contributed by atoms with Crippen LogP contribution >= 0.6 is 0 Å².